The van der Waals surface area contributed by atoms with E-state index < -0.39 is 22.5 Å². The third-order valence-electron chi connectivity index (χ3n) is 2.86. The molecule has 0 saturated carbocycles. The summed E-state index contributed by atoms with van der Waals surface area (Å²) in [7, 11) is 0. The molecule has 2 rings (SSSR count). The van der Waals surface area contributed by atoms with Gasteiger partial charge in [-0.05, 0) is 18.6 Å². The maximum Gasteiger partial charge on any atom is 0.305 e. The first-order chi connectivity index (χ1) is 8.99. The van der Waals surface area contributed by atoms with Crippen molar-refractivity contribution in [3.8, 4) is 0 Å². The first-order valence-electron chi connectivity index (χ1n) is 5.74. The van der Waals surface area contributed by atoms with Crippen LogP contribution in [-0.2, 0) is 6.54 Å². The monoisotopic (exact) mass is 264 g/mol. The number of halogens is 1. The Bertz CT molecular complexity index is 608. The maximum absolute atomic E-state index is 13.9. The second kappa shape index (κ2) is 5.19. The molecule has 1 heterocycles. The van der Waals surface area contributed by atoms with Gasteiger partial charge in [-0.1, -0.05) is 12.1 Å². The number of hydrogen-bond acceptors (Lipinski definition) is 3. The fourth-order valence-electron chi connectivity index (χ4n) is 1.83. The number of benzene rings is 1. The molecular formula is C13H13FN2O3. The highest BCUT2D eigenvalue weighted by Gasteiger charge is 2.17. The van der Waals surface area contributed by atoms with Crippen molar-refractivity contribution in [3.63, 3.8) is 0 Å². The Hall–Kier alpha value is -2.21. The fourth-order valence-corrected chi connectivity index (χ4v) is 1.83. The molecule has 1 aromatic heterocycles. The van der Waals surface area contributed by atoms with Gasteiger partial charge < -0.3 is 9.67 Å². The first kappa shape index (κ1) is 13.2. The molecule has 1 N–H and O–H groups in total. The predicted molar refractivity (Wildman–Crippen MR) is 67.2 cm³/mol. The van der Waals surface area contributed by atoms with Crippen molar-refractivity contribution in [3.05, 3.63) is 63.7 Å². The average molecular weight is 264 g/mol. The number of rotatable bonds is 4. The zero-order chi connectivity index (χ0) is 14.0. The summed E-state index contributed by atoms with van der Waals surface area (Å²) in [6, 6.07) is 5.82. The van der Waals surface area contributed by atoms with Crippen LogP contribution in [0.15, 0.2) is 36.7 Å². The number of nitrogens with zero attached hydrogens (tertiary/aromatic N) is 2. The molecule has 0 spiro atoms. The summed E-state index contributed by atoms with van der Waals surface area (Å²) in [5.74, 6) is -0.820. The van der Waals surface area contributed by atoms with E-state index in [2.05, 4.69) is 0 Å². The Morgan fingerprint density at radius 3 is 2.79 bits per heavy atom. The van der Waals surface area contributed by atoms with Crippen molar-refractivity contribution < 1.29 is 14.4 Å². The second-order valence-electron chi connectivity index (χ2n) is 4.30. The van der Waals surface area contributed by atoms with E-state index in [1.165, 1.54) is 12.1 Å². The van der Waals surface area contributed by atoms with E-state index in [1.54, 1.807) is 30.0 Å². The summed E-state index contributed by atoms with van der Waals surface area (Å²) >= 11 is 0. The quantitative estimate of drug-likeness (QED) is 0.681. The molecule has 1 atom stereocenters. The normalized spacial score (nSPS) is 12.4. The van der Waals surface area contributed by atoms with Gasteiger partial charge in [-0.3, -0.25) is 10.1 Å². The lowest BCUT2D eigenvalue weighted by atomic mass is 10.2. The molecule has 0 aliphatic rings. The molecule has 0 amide bonds. The van der Waals surface area contributed by atoms with Gasteiger partial charge in [0.15, 0.2) is 0 Å². The van der Waals surface area contributed by atoms with Crippen molar-refractivity contribution in [2.45, 2.75) is 19.6 Å². The molecule has 6 heteroatoms. The highest BCUT2D eigenvalue weighted by Crippen LogP contribution is 2.21. The Labute approximate surface area is 109 Å². The van der Waals surface area contributed by atoms with E-state index in [0.29, 0.717) is 5.56 Å². The molecule has 0 aliphatic heterocycles. The van der Waals surface area contributed by atoms with Gasteiger partial charge in [-0.15, -0.1) is 0 Å². The van der Waals surface area contributed by atoms with Gasteiger partial charge in [-0.25, -0.2) is 0 Å². The lowest BCUT2D eigenvalue weighted by Gasteiger charge is -2.05. The van der Waals surface area contributed by atoms with Gasteiger partial charge in [0.05, 0.1) is 17.6 Å². The standard InChI is InChI=1S/C13H13FN2O3/c1-9(17)10-5-6-15(7-10)8-11-3-2-4-12(13(11)14)16(18)19/h2-7,9,17H,8H2,1H3. The van der Waals surface area contributed by atoms with E-state index in [0.717, 1.165) is 6.07 Å². The molecule has 19 heavy (non-hydrogen) atoms. The minimum Gasteiger partial charge on any atom is -0.389 e. The average Bonchev–Trinajstić information content (AvgIpc) is 2.80. The number of aliphatic hydroxyl groups is 1. The minimum absolute atomic E-state index is 0.181. The summed E-state index contributed by atoms with van der Waals surface area (Å²) in [6.45, 7) is 1.81. The first-order valence-corrected chi connectivity index (χ1v) is 5.74. The Morgan fingerprint density at radius 1 is 1.47 bits per heavy atom. The summed E-state index contributed by atoms with van der Waals surface area (Å²) in [4.78, 5) is 9.91. The molecule has 0 fully saturated rings. The largest absolute Gasteiger partial charge is 0.389 e. The van der Waals surface area contributed by atoms with Crippen LogP contribution in [0.1, 0.15) is 24.2 Å². The summed E-state index contributed by atoms with van der Waals surface area (Å²) in [6.07, 6.45) is 2.78. The lowest BCUT2D eigenvalue weighted by molar-refractivity contribution is -0.387. The smallest absolute Gasteiger partial charge is 0.305 e. The van der Waals surface area contributed by atoms with Gasteiger partial charge in [0.2, 0.25) is 5.82 Å². The zero-order valence-electron chi connectivity index (χ0n) is 10.3. The zero-order valence-corrected chi connectivity index (χ0v) is 10.3. The van der Waals surface area contributed by atoms with Crippen molar-refractivity contribution >= 4 is 5.69 Å². The molecule has 0 saturated heterocycles. The molecule has 1 aromatic carbocycles. The van der Waals surface area contributed by atoms with Crippen LogP contribution < -0.4 is 0 Å². The van der Waals surface area contributed by atoms with Gasteiger partial charge in [-0.2, -0.15) is 4.39 Å². The number of nitro benzene ring substituents is 1. The molecule has 0 radical (unpaired) electrons. The van der Waals surface area contributed by atoms with Crippen molar-refractivity contribution in [2.75, 3.05) is 0 Å². The van der Waals surface area contributed by atoms with E-state index in [4.69, 9.17) is 0 Å². The van der Waals surface area contributed by atoms with Crippen LogP contribution in [0.3, 0.4) is 0 Å². The molecule has 0 aliphatic carbocycles. The lowest BCUT2D eigenvalue weighted by Crippen LogP contribution is -2.02. The van der Waals surface area contributed by atoms with Crippen LogP contribution in [0.4, 0.5) is 10.1 Å². The molecule has 100 valence electrons. The van der Waals surface area contributed by atoms with Gasteiger partial charge in [0, 0.05) is 24.0 Å². The van der Waals surface area contributed by atoms with E-state index >= 15 is 0 Å². The van der Waals surface area contributed by atoms with Crippen LogP contribution in [0, 0.1) is 15.9 Å². The number of aromatic nitrogens is 1. The Balaban J connectivity index is 2.28. The number of nitro groups is 1. The van der Waals surface area contributed by atoms with Crippen molar-refractivity contribution in [2.24, 2.45) is 0 Å². The summed E-state index contributed by atoms with van der Waals surface area (Å²) in [5.41, 5.74) is 0.424. The van der Waals surface area contributed by atoms with Gasteiger partial charge in [0.1, 0.15) is 0 Å². The van der Waals surface area contributed by atoms with Gasteiger partial charge in [0.25, 0.3) is 0 Å². The fraction of sp³-hybridized carbons (Fsp3) is 0.231. The van der Waals surface area contributed by atoms with E-state index in [9.17, 15) is 19.6 Å². The van der Waals surface area contributed by atoms with Crippen molar-refractivity contribution in [1.29, 1.82) is 0 Å². The minimum atomic E-state index is -0.820. The van der Waals surface area contributed by atoms with Crippen LogP contribution >= 0.6 is 0 Å². The van der Waals surface area contributed by atoms with Crippen molar-refractivity contribution in [1.82, 2.24) is 4.57 Å². The third-order valence-corrected chi connectivity index (χ3v) is 2.86. The highest BCUT2D eigenvalue weighted by molar-refractivity contribution is 5.37. The SMILES string of the molecule is CC(O)c1ccn(Cc2cccc([N+](=O)[O-])c2F)c1. The van der Waals surface area contributed by atoms with Crippen LogP contribution in [0.25, 0.3) is 0 Å². The second-order valence-corrected chi connectivity index (χ2v) is 4.30. The summed E-state index contributed by atoms with van der Waals surface area (Å²) < 4.78 is 15.5. The Morgan fingerprint density at radius 2 is 2.21 bits per heavy atom. The highest BCUT2D eigenvalue weighted by atomic mass is 19.1. The molecule has 2 aromatic rings. The van der Waals surface area contributed by atoms with E-state index in [1.807, 2.05) is 0 Å². The Kier molecular flexibility index (Phi) is 3.62. The third kappa shape index (κ3) is 2.79. The number of aliphatic hydroxyl groups excluding tert-OH is 1. The topological polar surface area (TPSA) is 68.3 Å². The summed E-state index contributed by atoms with van der Waals surface area (Å²) in [5, 5.41) is 20.0. The predicted octanol–water partition coefficient (Wildman–Crippen LogP) is 2.64. The molecule has 5 nitrogen and oxygen atoms in total. The molecular weight excluding hydrogens is 251 g/mol. The maximum atomic E-state index is 13.9. The molecule has 1 unspecified atom stereocenters. The van der Waals surface area contributed by atoms with Crippen LogP contribution in [0.5, 0.6) is 0 Å². The number of hydrogen-bond donors (Lipinski definition) is 1. The van der Waals surface area contributed by atoms with Gasteiger partial charge >= 0.3 is 5.69 Å². The van der Waals surface area contributed by atoms with Crippen LogP contribution in [0.2, 0.25) is 0 Å². The molecule has 0 bridgehead atoms. The van der Waals surface area contributed by atoms with Crippen LogP contribution in [-0.4, -0.2) is 14.6 Å². The van der Waals surface area contributed by atoms with E-state index in [-0.39, 0.29) is 12.1 Å².